The molecule has 1 aliphatic rings. The number of likely N-dealkylation sites (N-methyl/N-ethyl adjacent to an activating group) is 1. The number of hydrogen-bond acceptors (Lipinski definition) is 8. The second-order valence-corrected chi connectivity index (χ2v) is 9.06. The SMILES string of the molecule is CN1C(=O)/C(=C\c2cc([N+](=O)[O-])ccc2Cl)S/C1=N\S(=O)(=O)c1ccc([N+](=O)[O-])cc1. The van der Waals surface area contributed by atoms with Crippen LogP contribution < -0.4 is 0 Å². The number of carbonyl (C=O) groups is 1. The number of amides is 1. The molecule has 0 aromatic heterocycles. The second kappa shape index (κ2) is 8.45. The molecule has 1 saturated heterocycles. The molecule has 0 radical (unpaired) electrons. The summed E-state index contributed by atoms with van der Waals surface area (Å²) in [5.41, 5.74) is -0.303. The zero-order valence-corrected chi connectivity index (χ0v) is 17.8. The van der Waals surface area contributed by atoms with Gasteiger partial charge < -0.3 is 0 Å². The normalized spacial score (nSPS) is 16.8. The summed E-state index contributed by atoms with van der Waals surface area (Å²) in [5, 5.41) is 21.7. The van der Waals surface area contributed by atoms with Crippen LogP contribution in [0.1, 0.15) is 5.56 Å². The van der Waals surface area contributed by atoms with Crippen molar-refractivity contribution in [1.29, 1.82) is 0 Å². The summed E-state index contributed by atoms with van der Waals surface area (Å²) in [7, 11) is -2.94. The van der Waals surface area contributed by atoms with Crippen molar-refractivity contribution in [2.75, 3.05) is 7.05 Å². The number of rotatable bonds is 5. The van der Waals surface area contributed by atoms with Gasteiger partial charge in [-0.2, -0.15) is 8.42 Å². The fourth-order valence-electron chi connectivity index (χ4n) is 2.43. The molecule has 2 aromatic rings. The summed E-state index contributed by atoms with van der Waals surface area (Å²) in [5.74, 6) is -0.578. The third kappa shape index (κ3) is 4.73. The summed E-state index contributed by atoms with van der Waals surface area (Å²) in [6, 6.07) is 7.85. The van der Waals surface area contributed by atoms with Crippen LogP contribution in [0.3, 0.4) is 0 Å². The maximum absolute atomic E-state index is 12.5. The standard InChI is InChI=1S/C17H11ClN4O7S2/c1-20-16(23)15(9-10-8-12(22(26)27)4-7-14(10)18)30-17(20)19-31(28,29)13-5-2-11(3-6-13)21(24)25/h2-9H,1H3/b15-9+,19-17-. The third-order valence-electron chi connectivity index (χ3n) is 4.02. The lowest BCUT2D eigenvalue weighted by Gasteiger charge is -2.07. The van der Waals surface area contributed by atoms with Crippen molar-refractivity contribution in [1.82, 2.24) is 4.90 Å². The Labute approximate surface area is 184 Å². The average Bonchev–Trinajstić information content (AvgIpc) is 2.96. The van der Waals surface area contributed by atoms with Gasteiger partial charge in [0.1, 0.15) is 0 Å². The smallest absolute Gasteiger partial charge is 0.284 e. The highest BCUT2D eigenvalue weighted by molar-refractivity contribution is 8.19. The van der Waals surface area contributed by atoms with Crippen molar-refractivity contribution in [2.45, 2.75) is 4.90 Å². The minimum Gasteiger partial charge on any atom is -0.289 e. The zero-order valence-electron chi connectivity index (χ0n) is 15.5. The molecule has 3 rings (SSSR count). The van der Waals surface area contributed by atoms with Gasteiger partial charge in [-0.15, -0.1) is 4.40 Å². The molecule has 1 fully saturated rings. The predicted octanol–water partition coefficient (Wildman–Crippen LogP) is 3.45. The maximum Gasteiger partial charge on any atom is 0.284 e. The fourth-order valence-corrected chi connectivity index (χ4v) is 4.78. The van der Waals surface area contributed by atoms with E-state index >= 15 is 0 Å². The van der Waals surface area contributed by atoms with Crippen LogP contribution in [0.15, 0.2) is 56.7 Å². The number of nitro groups is 2. The van der Waals surface area contributed by atoms with Gasteiger partial charge in [0, 0.05) is 41.9 Å². The van der Waals surface area contributed by atoms with Crippen LogP contribution in [0.25, 0.3) is 6.08 Å². The lowest BCUT2D eigenvalue weighted by atomic mass is 10.2. The van der Waals surface area contributed by atoms with Crippen LogP contribution in [-0.2, 0) is 14.8 Å². The quantitative estimate of drug-likeness (QED) is 0.356. The van der Waals surface area contributed by atoms with Crippen LogP contribution >= 0.6 is 23.4 Å². The van der Waals surface area contributed by atoms with Gasteiger partial charge >= 0.3 is 0 Å². The molecule has 0 bridgehead atoms. The number of halogens is 1. The van der Waals surface area contributed by atoms with Crippen LogP contribution in [0.2, 0.25) is 5.02 Å². The van der Waals surface area contributed by atoms with Gasteiger partial charge in [0.25, 0.3) is 27.3 Å². The lowest BCUT2D eigenvalue weighted by molar-refractivity contribution is -0.385. The number of nitrogens with zero attached hydrogens (tertiary/aromatic N) is 4. The van der Waals surface area contributed by atoms with Crippen LogP contribution in [0.4, 0.5) is 11.4 Å². The Balaban J connectivity index is 1.95. The van der Waals surface area contributed by atoms with E-state index in [4.69, 9.17) is 11.6 Å². The van der Waals surface area contributed by atoms with E-state index in [0.717, 1.165) is 40.9 Å². The molecular weight excluding hydrogens is 472 g/mol. The van der Waals surface area contributed by atoms with Gasteiger partial charge in [0.05, 0.1) is 19.6 Å². The molecular formula is C17H11ClN4O7S2. The van der Waals surface area contributed by atoms with E-state index < -0.39 is 25.8 Å². The van der Waals surface area contributed by atoms with Gasteiger partial charge in [0.15, 0.2) is 5.17 Å². The van der Waals surface area contributed by atoms with Crippen molar-refractivity contribution < 1.29 is 23.1 Å². The summed E-state index contributed by atoms with van der Waals surface area (Å²) in [6.07, 6.45) is 1.31. The Hall–Kier alpha value is -3.29. The van der Waals surface area contributed by atoms with Gasteiger partial charge in [0.2, 0.25) is 0 Å². The number of amidine groups is 1. The molecule has 0 atom stereocenters. The number of sulfonamides is 1. The van der Waals surface area contributed by atoms with E-state index in [1.54, 1.807) is 0 Å². The van der Waals surface area contributed by atoms with E-state index in [9.17, 15) is 33.4 Å². The minimum absolute atomic E-state index is 0.0579. The molecule has 1 aliphatic heterocycles. The van der Waals surface area contributed by atoms with Gasteiger partial charge in [-0.05, 0) is 36.0 Å². The fraction of sp³-hybridized carbons (Fsp3) is 0.0588. The van der Waals surface area contributed by atoms with Crippen LogP contribution in [0, 0.1) is 20.2 Å². The Bertz CT molecular complexity index is 1270. The van der Waals surface area contributed by atoms with E-state index in [0.29, 0.717) is 0 Å². The van der Waals surface area contributed by atoms with Gasteiger partial charge in [-0.25, -0.2) is 0 Å². The highest BCUT2D eigenvalue weighted by Gasteiger charge is 2.32. The van der Waals surface area contributed by atoms with E-state index in [-0.39, 0.29) is 36.9 Å². The predicted molar refractivity (Wildman–Crippen MR) is 114 cm³/mol. The first kappa shape index (κ1) is 22.4. The molecule has 0 aliphatic carbocycles. The molecule has 0 saturated carbocycles. The third-order valence-corrected chi connectivity index (χ3v) is 6.83. The molecule has 1 heterocycles. The summed E-state index contributed by atoms with van der Waals surface area (Å²) in [4.78, 5) is 33.7. The number of benzene rings is 2. The van der Waals surface area contributed by atoms with Crippen LogP contribution in [-0.4, -0.2) is 41.3 Å². The van der Waals surface area contributed by atoms with Crippen molar-refractivity contribution in [3.8, 4) is 0 Å². The molecule has 11 nitrogen and oxygen atoms in total. The Kier molecular flexibility index (Phi) is 6.10. The molecule has 0 unspecified atom stereocenters. The monoisotopic (exact) mass is 482 g/mol. The first-order chi connectivity index (χ1) is 14.5. The average molecular weight is 483 g/mol. The van der Waals surface area contributed by atoms with E-state index in [1.165, 1.54) is 31.3 Å². The van der Waals surface area contributed by atoms with E-state index in [2.05, 4.69) is 4.40 Å². The first-order valence-electron chi connectivity index (χ1n) is 8.20. The molecule has 2 aromatic carbocycles. The largest absolute Gasteiger partial charge is 0.289 e. The van der Waals surface area contributed by atoms with Gasteiger partial charge in [-0.3, -0.25) is 29.9 Å². The first-order valence-corrected chi connectivity index (χ1v) is 10.8. The Morgan fingerprint density at radius 1 is 1.06 bits per heavy atom. The summed E-state index contributed by atoms with van der Waals surface area (Å²) in [6.45, 7) is 0. The molecule has 31 heavy (non-hydrogen) atoms. The number of nitro benzene ring substituents is 2. The highest BCUT2D eigenvalue weighted by atomic mass is 35.5. The summed E-state index contributed by atoms with van der Waals surface area (Å²) < 4.78 is 28.7. The van der Waals surface area contributed by atoms with Gasteiger partial charge in [-0.1, -0.05) is 11.6 Å². The molecule has 14 heteroatoms. The van der Waals surface area contributed by atoms with Crippen molar-refractivity contribution in [3.05, 3.63) is 78.2 Å². The Morgan fingerprint density at radius 3 is 2.23 bits per heavy atom. The molecule has 160 valence electrons. The number of hydrogen-bond donors (Lipinski definition) is 0. The number of thioether (sulfide) groups is 1. The maximum atomic E-state index is 12.5. The number of non-ortho nitro benzene ring substituents is 2. The van der Waals surface area contributed by atoms with Crippen molar-refractivity contribution >= 4 is 61.9 Å². The molecule has 1 amide bonds. The molecule has 0 spiro atoms. The Morgan fingerprint density at radius 2 is 1.65 bits per heavy atom. The minimum atomic E-state index is -4.26. The van der Waals surface area contributed by atoms with E-state index in [1.807, 2.05) is 0 Å². The number of carbonyl (C=O) groups excluding carboxylic acids is 1. The summed E-state index contributed by atoms with van der Waals surface area (Å²) >= 11 is 6.79. The van der Waals surface area contributed by atoms with Crippen molar-refractivity contribution in [2.24, 2.45) is 4.40 Å². The highest BCUT2D eigenvalue weighted by Crippen LogP contribution is 2.34. The van der Waals surface area contributed by atoms with Crippen molar-refractivity contribution in [3.63, 3.8) is 0 Å². The lowest BCUT2D eigenvalue weighted by Crippen LogP contribution is -2.24. The topological polar surface area (TPSA) is 153 Å². The zero-order chi connectivity index (χ0) is 22.9. The second-order valence-electron chi connectivity index (χ2n) is 6.04. The molecule has 0 N–H and O–H groups in total. The van der Waals surface area contributed by atoms with Crippen LogP contribution in [0.5, 0.6) is 0 Å².